The van der Waals surface area contributed by atoms with Crippen LogP contribution in [0.2, 0.25) is 0 Å². The summed E-state index contributed by atoms with van der Waals surface area (Å²) >= 11 is 0. The molecule has 5 heteroatoms. The zero-order valence-corrected chi connectivity index (χ0v) is 11.3. The minimum Gasteiger partial charge on any atom is -0.341 e. The lowest BCUT2D eigenvalue weighted by Gasteiger charge is -2.53. The van der Waals surface area contributed by atoms with Gasteiger partial charge in [-0.3, -0.25) is 4.67 Å². The van der Waals surface area contributed by atoms with Gasteiger partial charge >= 0.3 is 0 Å². The molecule has 1 aromatic heterocycles. The first-order valence-corrected chi connectivity index (χ1v) is 7.70. The van der Waals surface area contributed by atoms with Gasteiger partial charge < -0.3 is 4.90 Å². The number of anilines is 1. The predicted molar refractivity (Wildman–Crippen MR) is 71.7 cm³/mol. The predicted octanol–water partition coefficient (Wildman–Crippen LogP) is 1.60. The van der Waals surface area contributed by atoms with Crippen LogP contribution in [-0.4, -0.2) is 47.5 Å². The van der Waals surface area contributed by atoms with Crippen LogP contribution in [0.3, 0.4) is 0 Å². The van der Waals surface area contributed by atoms with E-state index in [0.717, 1.165) is 27.8 Å². The van der Waals surface area contributed by atoms with E-state index in [9.17, 15) is 0 Å². The maximum atomic E-state index is 4.33. The van der Waals surface area contributed by atoms with Gasteiger partial charge in [-0.05, 0) is 31.0 Å². The fourth-order valence-electron chi connectivity index (χ4n) is 2.87. The summed E-state index contributed by atoms with van der Waals surface area (Å²) in [7, 11) is 0.978. The van der Waals surface area contributed by atoms with Gasteiger partial charge in [-0.2, -0.15) is 0 Å². The van der Waals surface area contributed by atoms with Crippen molar-refractivity contribution in [3.05, 3.63) is 18.5 Å². The van der Waals surface area contributed by atoms with Gasteiger partial charge in [0, 0.05) is 38.6 Å². The second-order valence-electron chi connectivity index (χ2n) is 5.12. The van der Waals surface area contributed by atoms with Crippen molar-refractivity contribution in [3.8, 4) is 0 Å². The third-order valence-corrected chi connectivity index (χ3v) is 4.98. The molecular weight excluding hydrogens is 231 g/mol. The van der Waals surface area contributed by atoms with Crippen LogP contribution in [0.4, 0.5) is 5.95 Å². The zero-order valence-electron chi connectivity index (χ0n) is 10.3. The van der Waals surface area contributed by atoms with Gasteiger partial charge in [0.1, 0.15) is 0 Å². The normalized spacial score (nSPS) is 24.4. The first-order chi connectivity index (χ1) is 8.31. The average molecular weight is 250 g/mol. The quantitative estimate of drug-likeness (QED) is 0.746. The summed E-state index contributed by atoms with van der Waals surface area (Å²) in [6.45, 7) is 7.13. The van der Waals surface area contributed by atoms with E-state index < -0.39 is 0 Å². The van der Waals surface area contributed by atoms with E-state index in [1.54, 1.807) is 0 Å². The van der Waals surface area contributed by atoms with E-state index in [0.29, 0.717) is 5.41 Å². The highest BCUT2D eigenvalue weighted by Gasteiger charge is 2.44. The molecule has 92 valence electrons. The average Bonchev–Trinajstić information content (AvgIpc) is 2.37. The van der Waals surface area contributed by atoms with Crippen molar-refractivity contribution >= 4 is 14.7 Å². The molecule has 1 atom stereocenters. The number of aromatic nitrogens is 2. The largest absolute Gasteiger partial charge is 0.341 e. The first-order valence-electron chi connectivity index (χ1n) is 6.26. The molecule has 1 aromatic rings. The third-order valence-electron chi connectivity index (χ3n) is 4.03. The molecule has 1 unspecified atom stereocenters. The molecule has 2 aliphatic rings. The molecule has 0 radical (unpaired) electrons. The summed E-state index contributed by atoms with van der Waals surface area (Å²) in [5.41, 5.74) is 0.619. The minimum atomic E-state index is 0.619. The van der Waals surface area contributed by atoms with Crippen molar-refractivity contribution in [1.82, 2.24) is 14.6 Å². The maximum absolute atomic E-state index is 4.33. The second kappa shape index (κ2) is 4.51. The van der Waals surface area contributed by atoms with Crippen LogP contribution in [0, 0.1) is 5.41 Å². The first kappa shape index (κ1) is 11.4. The van der Waals surface area contributed by atoms with Gasteiger partial charge in [0.15, 0.2) is 0 Å². The Morgan fingerprint density at radius 2 is 1.82 bits per heavy atom. The van der Waals surface area contributed by atoms with Gasteiger partial charge in [0.05, 0.1) is 0 Å². The standard InChI is InChI=1S/C12H19N4P/c1-17-16-9-12(10-16)3-7-15(8-4-12)11-13-5-2-6-14-11/h2,5-6,17H,3-4,7-10H2,1H3. The van der Waals surface area contributed by atoms with E-state index in [1.165, 1.54) is 25.9 Å². The fourth-order valence-corrected chi connectivity index (χ4v) is 3.86. The molecule has 3 heterocycles. The molecule has 2 fully saturated rings. The summed E-state index contributed by atoms with van der Waals surface area (Å²) in [5.74, 6) is 0.899. The smallest absolute Gasteiger partial charge is 0.225 e. The monoisotopic (exact) mass is 250 g/mol. The summed E-state index contributed by atoms with van der Waals surface area (Å²) in [6.07, 6.45) is 6.25. The van der Waals surface area contributed by atoms with Gasteiger partial charge in [0.2, 0.25) is 5.95 Å². The van der Waals surface area contributed by atoms with E-state index in [-0.39, 0.29) is 0 Å². The molecular formula is C12H19N4P. The molecule has 2 aliphatic heterocycles. The van der Waals surface area contributed by atoms with Gasteiger partial charge in [-0.25, -0.2) is 9.97 Å². The van der Waals surface area contributed by atoms with Crippen molar-refractivity contribution in [2.75, 3.05) is 37.7 Å². The SMILES string of the molecule is CPN1CC2(CCN(c3ncccn3)CC2)C1. The van der Waals surface area contributed by atoms with Crippen molar-refractivity contribution < 1.29 is 0 Å². The third kappa shape index (κ3) is 2.16. The van der Waals surface area contributed by atoms with Crippen molar-refractivity contribution in [2.45, 2.75) is 12.8 Å². The van der Waals surface area contributed by atoms with E-state index in [4.69, 9.17) is 0 Å². The number of hydrogen-bond acceptors (Lipinski definition) is 4. The van der Waals surface area contributed by atoms with E-state index in [1.807, 2.05) is 18.5 Å². The molecule has 0 aliphatic carbocycles. The second-order valence-corrected chi connectivity index (χ2v) is 6.20. The number of rotatable bonds is 2. The van der Waals surface area contributed by atoms with Gasteiger partial charge in [-0.15, -0.1) is 0 Å². The Kier molecular flexibility index (Phi) is 3.01. The Labute approximate surface area is 104 Å². The summed E-state index contributed by atoms with van der Waals surface area (Å²) in [4.78, 5) is 11.0. The van der Waals surface area contributed by atoms with Crippen LogP contribution in [0.5, 0.6) is 0 Å². The lowest BCUT2D eigenvalue weighted by atomic mass is 9.73. The van der Waals surface area contributed by atoms with Crippen molar-refractivity contribution in [2.24, 2.45) is 5.41 Å². The van der Waals surface area contributed by atoms with Crippen LogP contribution < -0.4 is 4.90 Å². The highest BCUT2D eigenvalue weighted by molar-refractivity contribution is 7.34. The maximum Gasteiger partial charge on any atom is 0.225 e. The number of nitrogens with zero attached hydrogens (tertiary/aromatic N) is 4. The molecule has 0 saturated carbocycles. The van der Waals surface area contributed by atoms with Crippen LogP contribution in [0.25, 0.3) is 0 Å². The molecule has 17 heavy (non-hydrogen) atoms. The Morgan fingerprint density at radius 1 is 1.18 bits per heavy atom. The van der Waals surface area contributed by atoms with Gasteiger partial charge in [0.25, 0.3) is 0 Å². The molecule has 0 amide bonds. The van der Waals surface area contributed by atoms with Crippen LogP contribution in [0.1, 0.15) is 12.8 Å². The number of piperidine rings is 1. The van der Waals surface area contributed by atoms with Crippen LogP contribution in [0.15, 0.2) is 18.5 Å². The topological polar surface area (TPSA) is 32.3 Å². The molecule has 2 saturated heterocycles. The lowest BCUT2D eigenvalue weighted by molar-refractivity contribution is 0.0492. The van der Waals surface area contributed by atoms with Crippen LogP contribution in [-0.2, 0) is 0 Å². The highest BCUT2D eigenvalue weighted by Crippen LogP contribution is 2.44. The summed E-state index contributed by atoms with van der Waals surface area (Å²) in [5, 5.41) is 0. The number of hydrogen-bond donors (Lipinski definition) is 0. The van der Waals surface area contributed by atoms with Crippen LogP contribution >= 0.6 is 8.73 Å². The molecule has 1 spiro atoms. The Hall–Kier alpha value is -0.730. The highest BCUT2D eigenvalue weighted by atomic mass is 31.1. The van der Waals surface area contributed by atoms with Crippen molar-refractivity contribution in [3.63, 3.8) is 0 Å². The fraction of sp³-hybridized carbons (Fsp3) is 0.667. The minimum absolute atomic E-state index is 0.619. The zero-order chi connectivity index (χ0) is 11.7. The van der Waals surface area contributed by atoms with Gasteiger partial charge in [-0.1, -0.05) is 8.73 Å². The Morgan fingerprint density at radius 3 is 2.41 bits per heavy atom. The molecule has 4 nitrogen and oxygen atoms in total. The van der Waals surface area contributed by atoms with E-state index in [2.05, 4.69) is 26.2 Å². The van der Waals surface area contributed by atoms with Crippen molar-refractivity contribution in [1.29, 1.82) is 0 Å². The lowest BCUT2D eigenvalue weighted by Crippen LogP contribution is -2.57. The molecule has 0 N–H and O–H groups in total. The molecule has 0 aromatic carbocycles. The van der Waals surface area contributed by atoms with E-state index >= 15 is 0 Å². The molecule has 0 bridgehead atoms. The molecule has 3 rings (SSSR count). The summed E-state index contributed by atoms with van der Waals surface area (Å²) in [6, 6.07) is 1.88. The summed E-state index contributed by atoms with van der Waals surface area (Å²) < 4.78 is 2.56. The Bertz CT molecular complexity index is 367. The Balaban J connectivity index is 1.58.